The van der Waals surface area contributed by atoms with Gasteiger partial charge in [0.25, 0.3) is 0 Å². The van der Waals surface area contributed by atoms with Crippen LogP contribution in [-0.2, 0) is 11.2 Å². The lowest BCUT2D eigenvalue weighted by atomic mass is 9.90. The first-order valence-electron chi connectivity index (χ1n) is 9.34. The van der Waals surface area contributed by atoms with Crippen LogP contribution in [0.25, 0.3) is 0 Å². The number of carbonyl (C=O) groups is 1. The van der Waals surface area contributed by atoms with Gasteiger partial charge in [-0.3, -0.25) is 9.79 Å². The van der Waals surface area contributed by atoms with Crippen LogP contribution < -0.4 is 10.6 Å². The first kappa shape index (κ1) is 19.3. The molecule has 5 heteroatoms. The number of carbonyl (C=O) groups excluding carboxylic acids is 1. The zero-order valence-corrected chi connectivity index (χ0v) is 15.8. The second-order valence-corrected chi connectivity index (χ2v) is 7.21. The van der Waals surface area contributed by atoms with Crippen molar-refractivity contribution in [2.45, 2.75) is 33.1 Å². The lowest BCUT2D eigenvalue weighted by molar-refractivity contribution is -0.131. The zero-order chi connectivity index (χ0) is 18.1. The number of guanidine groups is 1. The van der Waals surface area contributed by atoms with E-state index in [1.54, 1.807) is 7.05 Å². The Morgan fingerprint density at radius 2 is 1.88 bits per heavy atom. The van der Waals surface area contributed by atoms with Gasteiger partial charge in [-0.15, -0.1) is 0 Å². The number of likely N-dealkylation sites (tertiary alicyclic amines) is 1. The number of piperidine rings is 1. The van der Waals surface area contributed by atoms with Crippen molar-refractivity contribution >= 4 is 11.9 Å². The van der Waals surface area contributed by atoms with Crippen molar-refractivity contribution in [3.63, 3.8) is 0 Å². The maximum absolute atomic E-state index is 12.4. The number of nitrogens with one attached hydrogen (secondary N) is 2. The van der Waals surface area contributed by atoms with Gasteiger partial charge < -0.3 is 15.5 Å². The SMILES string of the molecule is CN=C(NCC(=O)N1CCC(Cc2ccccc2)CC1)NCC(C)C. The summed E-state index contributed by atoms with van der Waals surface area (Å²) in [5, 5.41) is 6.35. The molecular formula is C20H32N4O. The van der Waals surface area contributed by atoms with Crippen molar-refractivity contribution in [2.75, 3.05) is 33.2 Å². The molecule has 0 aromatic heterocycles. The highest BCUT2D eigenvalue weighted by atomic mass is 16.2. The van der Waals surface area contributed by atoms with E-state index < -0.39 is 0 Å². The molecule has 2 rings (SSSR count). The molecule has 1 aromatic rings. The van der Waals surface area contributed by atoms with Crippen molar-refractivity contribution in [3.8, 4) is 0 Å². The molecular weight excluding hydrogens is 312 g/mol. The summed E-state index contributed by atoms with van der Waals surface area (Å²) in [7, 11) is 1.73. The zero-order valence-electron chi connectivity index (χ0n) is 15.8. The molecule has 0 bridgehead atoms. The van der Waals surface area contributed by atoms with Crippen LogP contribution in [0.1, 0.15) is 32.3 Å². The molecule has 1 aliphatic heterocycles. The van der Waals surface area contributed by atoms with E-state index in [0.717, 1.165) is 38.9 Å². The number of amides is 1. The van der Waals surface area contributed by atoms with E-state index in [2.05, 4.69) is 59.8 Å². The maximum Gasteiger partial charge on any atom is 0.241 e. The summed E-state index contributed by atoms with van der Waals surface area (Å²) in [4.78, 5) is 18.5. The van der Waals surface area contributed by atoms with E-state index >= 15 is 0 Å². The molecule has 1 aliphatic rings. The van der Waals surface area contributed by atoms with Crippen LogP contribution in [0.4, 0.5) is 0 Å². The predicted molar refractivity (Wildman–Crippen MR) is 104 cm³/mol. The van der Waals surface area contributed by atoms with Gasteiger partial charge in [0.05, 0.1) is 6.54 Å². The summed E-state index contributed by atoms with van der Waals surface area (Å²) in [5.41, 5.74) is 1.40. The third-order valence-electron chi connectivity index (χ3n) is 4.64. The summed E-state index contributed by atoms with van der Waals surface area (Å²) >= 11 is 0. The van der Waals surface area contributed by atoms with Crippen molar-refractivity contribution in [3.05, 3.63) is 35.9 Å². The Balaban J connectivity index is 1.70. The van der Waals surface area contributed by atoms with Crippen LogP contribution in [0.5, 0.6) is 0 Å². The van der Waals surface area contributed by atoms with E-state index in [9.17, 15) is 4.79 Å². The van der Waals surface area contributed by atoms with E-state index in [0.29, 0.717) is 24.3 Å². The average molecular weight is 345 g/mol. The third kappa shape index (κ3) is 6.77. The number of hydrogen-bond donors (Lipinski definition) is 2. The fourth-order valence-corrected chi connectivity index (χ4v) is 3.13. The molecule has 0 aliphatic carbocycles. The molecule has 1 heterocycles. The van der Waals surface area contributed by atoms with E-state index in [4.69, 9.17) is 0 Å². The number of benzene rings is 1. The fourth-order valence-electron chi connectivity index (χ4n) is 3.13. The minimum absolute atomic E-state index is 0.158. The van der Waals surface area contributed by atoms with Gasteiger partial charge in [-0.05, 0) is 36.7 Å². The van der Waals surface area contributed by atoms with Crippen LogP contribution in [0.15, 0.2) is 35.3 Å². The Bertz CT molecular complexity index is 548. The molecule has 0 saturated carbocycles. The molecule has 25 heavy (non-hydrogen) atoms. The molecule has 0 radical (unpaired) electrons. The van der Waals surface area contributed by atoms with E-state index in [-0.39, 0.29) is 5.91 Å². The topological polar surface area (TPSA) is 56.7 Å². The maximum atomic E-state index is 12.4. The second kappa shape index (κ2) is 10.1. The van der Waals surface area contributed by atoms with Crippen molar-refractivity contribution in [1.82, 2.24) is 15.5 Å². The largest absolute Gasteiger partial charge is 0.356 e. The number of rotatable bonds is 6. The van der Waals surface area contributed by atoms with Gasteiger partial charge in [0.15, 0.2) is 5.96 Å². The van der Waals surface area contributed by atoms with E-state index in [1.165, 1.54) is 5.56 Å². The van der Waals surface area contributed by atoms with Crippen molar-refractivity contribution in [2.24, 2.45) is 16.8 Å². The Morgan fingerprint density at radius 3 is 2.48 bits per heavy atom. The van der Waals surface area contributed by atoms with Crippen LogP contribution in [0, 0.1) is 11.8 Å². The van der Waals surface area contributed by atoms with Crippen LogP contribution >= 0.6 is 0 Å². The summed E-state index contributed by atoms with van der Waals surface area (Å²) in [6, 6.07) is 10.6. The highest BCUT2D eigenvalue weighted by molar-refractivity contribution is 5.86. The van der Waals surface area contributed by atoms with Gasteiger partial charge in [0.2, 0.25) is 5.91 Å². The minimum Gasteiger partial charge on any atom is -0.356 e. The van der Waals surface area contributed by atoms with Crippen molar-refractivity contribution < 1.29 is 4.79 Å². The van der Waals surface area contributed by atoms with Crippen LogP contribution in [0.3, 0.4) is 0 Å². The summed E-state index contributed by atoms with van der Waals surface area (Å²) in [6.07, 6.45) is 3.29. The Hall–Kier alpha value is -2.04. The first-order valence-corrected chi connectivity index (χ1v) is 9.34. The quantitative estimate of drug-likeness (QED) is 0.615. The van der Waals surface area contributed by atoms with Crippen LogP contribution in [0.2, 0.25) is 0 Å². The molecule has 138 valence electrons. The Kier molecular flexibility index (Phi) is 7.76. The predicted octanol–water partition coefficient (Wildman–Crippen LogP) is 2.29. The van der Waals surface area contributed by atoms with Crippen molar-refractivity contribution in [1.29, 1.82) is 0 Å². The normalized spacial score (nSPS) is 16.2. The highest BCUT2D eigenvalue weighted by Crippen LogP contribution is 2.21. The molecule has 1 amide bonds. The van der Waals surface area contributed by atoms with Gasteiger partial charge in [-0.1, -0.05) is 44.2 Å². The van der Waals surface area contributed by atoms with Gasteiger partial charge in [-0.25, -0.2) is 0 Å². The monoisotopic (exact) mass is 344 g/mol. The van der Waals surface area contributed by atoms with Gasteiger partial charge in [-0.2, -0.15) is 0 Å². The molecule has 2 N–H and O–H groups in total. The molecule has 1 aromatic carbocycles. The lowest BCUT2D eigenvalue weighted by Crippen LogP contribution is -2.47. The number of nitrogens with zero attached hydrogens (tertiary/aromatic N) is 2. The first-order chi connectivity index (χ1) is 12.1. The van der Waals surface area contributed by atoms with Gasteiger partial charge >= 0.3 is 0 Å². The highest BCUT2D eigenvalue weighted by Gasteiger charge is 2.22. The number of hydrogen-bond acceptors (Lipinski definition) is 2. The Labute approximate surface area is 151 Å². The molecule has 0 unspecified atom stereocenters. The molecule has 0 atom stereocenters. The average Bonchev–Trinajstić information content (AvgIpc) is 2.63. The fraction of sp³-hybridized carbons (Fsp3) is 0.600. The third-order valence-corrected chi connectivity index (χ3v) is 4.64. The van der Waals surface area contributed by atoms with Gasteiger partial charge in [0.1, 0.15) is 0 Å². The summed E-state index contributed by atoms with van der Waals surface area (Å²) in [6.45, 7) is 7.15. The standard InChI is InChI=1S/C20H32N4O/c1-16(2)14-22-20(21-3)23-15-19(25)24-11-9-18(10-12-24)13-17-7-5-4-6-8-17/h4-8,16,18H,9-15H2,1-3H3,(H2,21,22,23). The molecule has 0 spiro atoms. The van der Waals surface area contributed by atoms with E-state index in [1.807, 2.05) is 4.90 Å². The minimum atomic E-state index is 0.158. The van der Waals surface area contributed by atoms with Crippen LogP contribution in [-0.4, -0.2) is 50.0 Å². The Morgan fingerprint density at radius 1 is 1.20 bits per heavy atom. The second-order valence-electron chi connectivity index (χ2n) is 7.21. The summed E-state index contributed by atoms with van der Waals surface area (Å²) < 4.78 is 0. The number of aliphatic imine (C=N–C) groups is 1. The van der Waals surface area contributed by atoms with Gasteiger partial charge in [0, 0.05) is 26.7 Å². The molecule has 1 fully saturated rings. The summed E-state index contributed by atoms with van der Waals surface area (Å²) in [5.74, 6) is 2.07. The smallest absolute Gasteiger partial charge is 0.241 e. The molecule has 1 saturated heterocycles. The lowest BCUT2D eigenvalue weighted by Gasteiger charge is -2.32. The molecule has 5 nitrogen and oxygen atoms in total.